The molecule has 0 bridgehead atoms. The second-order valence-electron chi connectivity index (χ2n) is 5.45. The van der Waals surface area contributed by atoms with E-state index in [1.807, 2.05) is 8.23 Å². The maximum Gasteiger partial charge on any atom is 0.391 e. The van der Waals surface area contributed by atoms with E-state index in [0.717, 1.165) is 11.8 Å². The minimum atomic E-state index is -4.62. The van der Waals surface area contributed by atoms with Gasteiger partial charge in [0, 0.05) is 24.4 Å². The number of hydrogen-bond acceptors (Lipinski definition) is 5. The van der Waals surface area contributed by atoms with Gasteiger partial charge < -0.3 is 15.6 Å². The molecule has 12 heteroatoms. The van der Waals surface area contributed by atoms with Gasteiger partial charge in [0.1, 0.15) is 11.9 Å². The highest BCUT2D eigenvalue weighted by atomic mass is 127. The van der Waals surface area contributed by atoms with Crippen molar-refractivity contribution >= 4 is 46.5 Å². The molecule has 2 aromatic heterocycles. The van der Waals surface area contributed by atoms with Gasteiger partial charge in [-0.25, -0.2) is 19.4 Å². The molecule has 1 amide bonds. The molecule has 0 saturated heterocycles. The van der Waals surface area contributed by atoms with Crippen molar-refractivity contribution in [3.63, 3.8) is 0 Å². The minimum Gasteiger partial charge on any atom is -0.357 e. The Bertz CT molecular complexity index is 924. The number of H-pyrrole nitrogens is 1. The van der Waals surface area contributed by atoms with Gasteiger partial charge in [-0.2, -0.15) is 13.2 Å². The third kappa shape index (κ3) is 4.48. The van der Waals surface area contributed by atoms with Crippen LogP contribution in [0.5, 0.6) is 0 Å². The normalized spacial score (nSPS) is 14.3. The highest BCUT2D eigenvalue weighted by Crippen LogP contribution is 2.31. The van der Waals surface area contributed by atoms with E-state index >= 15 is 0 Å². The van der Waals surface area contributed by atoms with Crippen LogP contribution in [-0.2, 0) is 4.79 Å². The van der Waals surface area contributed by atoms with E-state index in [2.05, 4.69) is 30.6 Å². The van der Waals surface area contributed by atoms with Crippen molar-refractivity contribution in [2.24, 2.45) is 4.99 Å². The molecule has 2 aromatic rings. The Labute approximate surface area is 160 Å². The summed E-state index contributed by atoms with van der Waals surface area (Å²) < 4.78 is 56.1. The molecule has 0 aromatic carbocycles. The molecule has 27 heavy (non-hydrogen) atoms. The van der Waals surface area contributed by atoms with Gasteiger partial charge in [-0.3, -0.25) is 4.79 Å². The van der Waals surface area contributed by atoms with Crippen LogP contribution < -0.4 is 10.6 Å². The van der Waals surface area contributed by atoms with E-state index in [9.17, 15) is 22.4 Å². The molecule has 1 aliphatic heterocycles. The fourth-order valence-corrected chi connectivity index (χ4v) is 3.96. The molecule has 0 spiro atoms. The molecule has 1 atom stereocenters. The number of halogens is 5. The van der Waals surface area contributed by atoms with Crippen LogP contribution in [0.25, 0.3) is 11.4 Å². The minimum absolute atomic E-state index is 0.108. The fourth-order valence-electron chi connectivity index (χ4n) is 2.37. The number of anilines is 1. The number of aliphatic imine (C=N–C) groups is 1. The van der Waals surface area contributed by atoms with Gasteiger partial charge >= 0.3 is 6.18 Å². The number of nitrogens with one attached hydrogen (secondary N) is 3. The van der Waals surface area contributed by atoms with Crippen LogP contribution in [0.3, 0.4) is 0 Å². The zero-order chi connectivity index (χ0) is 19.6. The highest BCUT2D eigenvalue weighted by Gasteiger charge is 2.35. The van der Waals surface area contributed by atoms with Crippen molar-refractivity contribution in [1.82, 2.24) is 20.3 Å². The monoisotopic (exact) mass is 496 g/mol. The van der Waals surface area contributed by atoms with Gasteiger partial charge in [-0.15, -0.1) is 0 Å². The van der Waals surface area contributed by atoms with E-state index in [1.165, 1.54) is 7.05 Å². The quantitative estimate of drug-likeness (QED) is 0.439. The number of amides is 1. The van der Waals surface area contributed by atoms with E-state index in [4.69, 9.17) is 0 Å². The summed E-state index contributed by atoms with van der Waals surface area (Å²) in [4.78, 5) is 26.8. The van der Waals surface area contributed by atoms with Crippen molar-refractivity contribution in [3.05, 3.63) is 23.8 Å². The number of aromatic nitrogens is 3. The van der Waals surface area contributed by atoms with Gasteiger partial charge in [-0.05, 0) is 4.01 Å². The zero-order valence-electron chi connectivity index (χ0n) is 13.7. The van der Waals surface area contributed by atoms with E-state index in [0.29, 0.717) is 11.4 Å². The van der Waals surface area contributed by atoms with Gasteiger partial charge in [-0.1, -0.05) is 20.7 Å². The van der Waals surface area contributed by atoms with Crippen molar-refractivity contribution in [3.8, 4) is 11.4 Å². The van der Waals surface area contributed by atoms with Crippen LogP contribution >= 0.6 is 20.7 Å². The Kier molecular flexibility index (Phi) is 5.53. The topological polar surface area (TPSA) is 95.1 Å². The van der Waals surface area contributed by atoms with Crippen LogP contribution in [0.15, 0.2) is 17.4 Å². The molecular weight excluding hydrogens is 483 g/mol. The molecule has 0 saturated carbocycles. The lowest BCUT2D eigenvalue weighted by Crippen LogP contribution is -2.41. The lowest BCUT2D eigenvalue weighted by molar-refractivity contribution is -0.145. The van der Waals surface area contributed by atoms with Crippen molar-refractivity contribution in [1.29, 1.82) is 0 Å². The van der Waals surface area contributed by atoms with Gasteiger partial charge in [0.2, 0.25) is 5.91 Å². The number of hydrogen-bond donors (Lipinski definition) is 3. The molecule has 0 fully saturated rings. The Hall–Kier alpha value is -2.38. The fraction of sp³-hybridized carbons (Fsp3) is 0.267. The van der Waals surface area contributed by atoms with E-state index in [1.54, 1.807) is 6.20 Å². The first-order valence-electron chi connectivity index (χ1n) is 7.55. The molecule has 144 valence electrons. The maximum absolute atomic E-state index is 14.1. The summed E-state index contributed by atoms with van der Waals surface area (Å²) in [5.41, 5.74) is 1.32. The Morgan fingerprint density at radius 1 is 1.41 bits per heavy atom. The van der Waals surface area contributed by atoms with Crippen molar-refractivity contribution in [2.75, 3.05) is 12.4 Å². The predicted octanol–water partition coefficient (Wildman–Crippen LogP) is 2.88. The molecular formula is C15H13F4IN6O. The number of fused-ring (bicyclic) bond motifs is 1. The average molecular weight is 496 g/mol. The summed E-state index contributed by atoms with van der Waals surface area (Å²) in [7, 11) is 1.20. The summed E-state index contributed by atoms with van der Waals surface area (Å²) in [6.07, 6.45) is -3.65. The summed E-state index contributed by atoms with van der Waals surface area (Å²) in [6.45, 7) is 0. The molecule has 7 nitrogen and oxygen atoms in total. The number of aromatic amines is 1. The molecule has 0 radical (unpaired) electrons. The van der Waals surface area contributed by atoms with Crippen molar-refractivity contribution < 1.29 is 22.4 Å². The second-order valence-corrected chi connectivity index (χ2v) is 7.35. The summed E-state index contributed by atoms with van der Waals surface area (Å²) in [5, 5.41) is 4.36. The lowest BCUT2D eigenvalue weighted by Gasteiger charge is -2.19. The average Bonchev–Trinajstić information content (AvgIpc) is 3.05. The standard InChI is InChI=1S/C15H13F4IN6O/c1-21-14(27)10(2-15(17,18)19)25-13-9(16)5-23-12(26-13)8-4-22-11-7(8)3-20-6-24-11/h3-6,10H,2H2,1H3,(H,21,27)(H,22,24)(H,23,25,26). The van der Waals surface area contributed by atoms with E-state index < -0.39 is 36.2 Å². The van der Waals surface area contributed by atoms with Crippen LogP contribution in [-0.4, -0.2) is 48.4 Å². The third-order valence-corrected chi connectivity index (χ3v) is 5.18. The van der Waals surface area contributed by atoms with Crippen LogP contribution in [0.1, 0.15) is 12.0 Å². The molecule has 3 N–H and O–H groups in total. The summed E-state index contributed by atoms with van der Waals surface area (Å²) >= 11 is -0.373. The number of likely N-dealkylation sites (N-methyl/N-ethyl adjacent to an activating group) is 1. The molecule has 1 unspecified atom stereocenters. The second kappa shape index (κ2) is 7.70. The smallest absolute Gasteiger partial charge is 0.357 e. The molecule has 3 rings (SSSR count). The summed E-state index contributed by atoms with van der Waals surface area (Å²) in [5.74, 6) is -1.66. The van der Waals surface area contributed by atoms with Crippen LogP contribution in [0, 0.1) is 5.82 Å². The number of carbonyl (C=O) groups excluding carboxylic acids is 1. The molecule has 0 aliphatic carbocycles. The maximum atomic E-state index is 14.1. The first-order chi connectivity index (χ1) is 12.8. The first-order valence-corrected chi connectivity index (χ1v) is 10.0. The van der Waals surface area contributed by atoms with Crippen LogP contribution in [0.4, 0.5) is 29.2 Å². The van der Waals surface area contributed by atoms with Gasteiger partial charge in [0.05, 0.1) is 16.8 Å². The molecule has 3 heterocycles. The van der Waals surface area contributed by atoms with E-state index in [-0.39, 0.29) is 26.6 Å². The zero-order valence-corrected chi connectivity index (χ0v) is 15.9. The first kappa shape index (κ1) is 19.4. The van der Waals surface area contributed by atoms with Crippen molar-refractivity contribution in [2.45, 2.75) is 18.6 Å². The summed E-state index contributed by atoms with van der Waals surface area (Å²) in [6, 6.07) is -1.73. The number of rotatable bonds is 5. The van der Waals surface area contributed by atoms with Gasteiger partial charge in [0.15, 0.2) is 17.5 Å². The Morgan fingerprint density at radius 3 is 2.89 bits per heavy atom. The third-order valence-electron chi connectivity index (χ3n) is 3.60. The van der Waals surface area contributed by atoms with Crippen LogP contribution in [0.2, 0.25) is 0 Å². The molecule has 1 aliphatic rings. The number of carbonyl (C=O) groups is 1. The van der Waals surface area contributed by atoms with Gasteiger partial charge in [0.25, 0.3) is 0 Å². The number of nitrogens with zero attached hydrogens (tertiary/aromatic N) is 3. The number of alkyl halides is 3. The highest BCUT2D eigenvalue weighted by molar-refractivity contribution is 14.2. The Morgan fingerprint density at radius 2 is 2.19 bits per heavy atom. The SMILES string of the molecule is CNC(=O)C(CC(F)(F)F)Nc1nc(-c2c[nH]c3c2C=IC=N3)ncc1F. The predicted molar refractivity (Wildman–Crippen MR) is 101 cm³/mol. The largest absolute Gasteiger partial charge is 0.391 e. The Balaban J connectivity index is 1.93. The lowest BCUT2D eigenvalue weighted by atomic mass is 10.1.